The zero-order valence-corrected chi connectivity index (χ0v) is 10.4. The van der Waals surface area contributed by atoms with Crippen LogP contribution in [0.15, 0.2) is 28.7 Å². The summed E-state index contributed by atoms with van der Waals surface area (Å²) in [6.07, 6.45) is 0. The Morgan fingerprint density at radius 3 is 2.50 bits per heavy atom. The number of hydrogen-bond donors (Lipinski definition) is 1. The van der Waals surface area contributed by atoms with E-state index in [1.54, 1.807) is 0 Å². The normalized spacial score (nSPS) is 10.2. The van der Waals surface area contributed by atoms with Gasteiger partial charge >= 0.3 is 0 Å². The molecule has 0 spiro atoms. The quantitative estimate of drug-likeness (QED) is 0.505. The monoisotopic (exact) mass is 339 g/mol. The predicted octanol–water partition coefficient (Wildman–Crippen LogP) is 2.97. The summed E-state index contributed by atoms with van der Waals surface area (Å²) in [5, 5.41) is 3.35. The lowest BCUT2D eigenvalue weighted by molar-refractivity contribution is 0.736. The highest BCUT2D eigenvalue weighted by Crippen LogP contribution is 2.09. The molecular weight excluding hydrogens is 329 g/mol. The summed E-state index contributed by atoms with van der Waals surface area (Å²) in [4.78, 5) is 0. The van der Waals surface area contributed by atoms with Gasteiger partial charge in [0.15, 0.2) is 0 Å². The van der Waals surface area contributed by atoms with Crippen LogP contribution in [0.3, 0.4) is 0 Å². The second-order valence-electron chi connectivity index (χ2n) is 2.49. The fourth-order valence-electron chi connectivity index (χ4n) is 0.902. The van der Waals surface area contributed by atoms with Gasteiger partial charge in [-0.2, -0.15) is 0 Å². The fourth-order valence-corrected chi connectivity index (χ4v) is 1.55. The summed E-state index contributed by atoms with van der Waals surface area (Å²) in [5.74, 6) is 0. The highest BCUT2D eigenvalue weighted by molar-refractivity contribution is 14.1. The maximum absolute atomic E-state index is 3.41. The molecule has 66 valence electrons. The van der Waals surface area contributed by atoms with Crippen molar-refractivity contribution in [1.29, 1.82) is 0 Å². The van der Waals surface area contributed by atoms with Crippen molar-refractivity contribution in [2.75, 3.05) is 11.0 Å². The summed E-state index contributed by atoms with van der Waals surface area (Å²) in [6.45, 7) is 2.05. The minimum Gasteiger partial charge on any atom is -0.312 e. The highest BCUT2D eigenvalue weighted by atomic mass is 127. The molecule has 0 radical (unpaired) electrons. The number of alkyl halides is 1. The van der Waals surface area contributed by atoms with E-state index in [2.05, 4.69) is 68.1 Å². The van der Waals surface area contributed by atoms with Gasteiger partial charge in [-0.25, -0.2) is 0 Å². The molecule has 0 aliphatic rings. The van der Waals surface area contributed by atoms with Crippen LogP contribution >= 0.6 is 38.5 Å². The van der Waals surface area contributed by atoms with E-state index in [4.69, 9.17) is 0 Å². The summed E-state index contributed by atoms with van der Waals surface area (Å²) in [5.41, 5.74) is 1.34. The lowest BCUT2D eigenvalue weighted by atomic mass is 10.2. The zero-order chi connectivity index (χ0) is 8.81. The van der Waals surface area contributed by atoms with E-state index in [1.165, 1.54) is 5.56 Å². The first-order chi connectivity index (χ1) is 5.83. The highest BCUT2D eigenvalue weighted by Gasteiger charge is 1.90. The number of rotatable bonds is 4. The van der Waals surface area contributed by atoms with Crippen LogP contribution in [0, 0.1) is 0 Å². The Hall–Kier alpha value is 0.390. The zero-order valence-electron chi connectivity index (χ0n) is 6.69. The Kier molecular flexibility index (Phi) is 5.18. The van der Waals surface area contributed by atoms with Gasteiger partial charge in [-0.1, -0.05) is 50.7 Å². The van der Waals surface area contributed by atoms with Crippen molar-refractivity contribution in [3.8, 4) is 0 Å². The molecule has 1 N–H and O–H groups in total. The molecule has 0 unspecified atom stereocenters. The number of benzene rings is 1. The Morgan fingerprint density at radius 2 is 1.92 bits per heavy atom. The topological polar surface area (TPSA) is 12.0 Å². The van der Waals surface area contributed by atoms with Crippen LogP contribution in [0.25, 0.3) is 0 Å². The predicted molar refractivity (Wildman–Crippen MR) is 64.7 cm³/mol. The second kappa shape index (κ2) is 5.94. The minimum absolute atomic E-state index is 0.969. The molecule has 0 heterocycles. The number of halogens is 2. The Balaban J connectivity index is 2.37. The molecule has 0 saturated carbocycles. The summed E-state index contributed by atoms with van der Waals surface area (Å²) >= 11 is 5.77. The standard InChI is InChI=1S/C9H11BrIN/c10-9-3-1-8(2-4-9)7-12-6-5-11/h1-4,12H,5-7H2. The molecule has 0 fully saturated rings. The van der Waals surface area contributed by atoms with Crippen LogP contribution in [0.1, 0.15) is 5.56 Å². The van der Waals surface area contributed by atoms with E-state index in [1.807, 2.05) is 0 Å². The van der Waals surface area contributed by atoms with Gasteiger partial charge < -0.3 is 5.32 Å². The van der Waals surface area contributed by atoms with Gasteiger partial charge in [0, 0.05) is 22.0 Å². The van der Waals surface area contributed by atoms with Gasteiger partial charge in [-0.05, 0) is 17.7 Å². The molecule has 0 aliphatic heterocycles. The molecule has 0 aromatic heterocycles. The van der Waals surface area contributed by atoms with E-state index in [0.29, 0.717) is 0 Å². The van der Waals surface area contributed by atoms with Crippen LogP contribution in [-0.4, -0.2) is 11.0 Å². The van der Waals surface area contributed by atoms with Gasteiger partial charge in [0.05, 0.1) is 0 Å². The molecular formula is C9H11BrIN. The SMILES string of the molecule is Brc1ccc(CNCCI)cc1. The number of hydrogen-bond acceptors (Lipinski definition) is 1. The number of nitrogens with one attached hydrogen (secondary N) is 1. The molecule has 1 rings (SSSR count). The molecule has 3 heteroatoms. The molecule has 0 amide bonds. The Morgan fingerprint density at radius 1 is 1.25 bits per heavy atom. The van der Waals surface area contributed by atoms with Gasteiger partial charge in [0.1, 0.15) is 0 Å². The first kappa shape index (κ1) is 10.5. The van der Waals surface area contributed by atoms with Crippen molar-refractivity contribution in [1.82, 2.24) is 5.32 Å². The molecule has 0 bridgehead atoms. The second-order valence-corrected chi connectivity index (χ2v) is 4.49. The fraction of sp³-hybridized carbons (Fsp3) is 0.333. The lowest BCUT2D eigenvalue weighted by Crippen LogP contribution is -2.15. The van der Waals surface area contributed by atoms with Gasteiger partial charge in [-0.3, -0.25) is 0 Å². The average molecular weight is 340 g/mol. The summed E-state index contributed by atoms with van der Waals surface area (Å²) in [6, 6.07) is 8.40. The Labute approximate surface area is 95.2 Å². The third kappa shape index (κ3) is 3.87. The first-order valence-corrected chi connectivity index (χ1v) is 6.16. The van der Waals surface area contributed by atoms with Crippen LogP contribution in [0.2, 0.25) is 0 Å². The van der Waals surface area contributed by atoms with E-state index in [0.717, 1.165) is 22.0 Å². The smallest absolute Gasteiger partial charge is 0.0205 e. The van der Waals surface area contributed by atoms with Crippen molar-refractivity contribution in [3.05, 3.63) is 34.3 Å². The van der Waals surface area contributed by atoms with E-state index < -0.39 is 0 Å². The molecule has 0 aliphatic carbocycles. The first-order valence-electron chi connectivity index (χ1n) is 3.84. The molecule has 0 atom stereocenters. The third-order valence-electron chi connectivity index (χ3n) is 1.51. The van der Waals surface area contributed by atoms with Crippen molar-refractivity contribution in [3.63, 3.8) is 0 Å². The van der Waals surface area contributed by atoms with E-state index in [-0.39, 0.29) is 0 Å². The third-order valence-corrected chi connectivity index (χ3v) is 2.58. The average Bonchev–Trinajstić information content (AvgIpc) is 2.09. The van der Waals surface area contributed by atoms with Crippen molar-refractivity contribution in [2.45, 2.75) is 6.54 Å². The lowest BCUT2D eigenvalue weighted by Gasteiger charge is -2.02. The van der Waals surface area contributed by atoms with Crippen molar-refractivity contribution in [2.24, 2.45) is 0 Å². The molecule has 1 aromatic carbocycles. The van der Waals surface area contributed by atoms with Crippen molar-refractivity contribution < 1.29 is 0 Å². The van der Waals surface area contributed by atoms with Crippen LogP contribution in [0.4, 0.5) is 0 Å². The van der Waals surface area contributed by atoms with Crippen LogP contribution in [0.5, 0.6) is 0 Å². The molecule has 1 nitrogen and oxygen atoms in total. The minimum atomic E-state index is 0.969. The van der Waals surface area contributed by atoms with Crippen molar-refractivity contribution >= 4 is 38.5 Å². The maximum atomic E-state index is 3.41. The maximum Gasteiger partial charge on any atom is 0.0205 e. The van der Waals surface area contributed by atoms with Gasteiger partial charge in [-0.15, -0.1) is 0 Å². The molecule has 1 aromatic rings. The largest absolute Gasteiger partial charge is 0.312 e. The summed E-state index contributed by atoms with van der Waals surface area (Å²) in [7, 11) is 0. The summed E-state index contributed by atoms with van der Waals surface area (Å²) < 4.78 is 2.30. The van der Waals surface area contributed by atoms with E-state index >= 15 is 0 Å². The van der Waals surface area contributed by atoms with Crippen LogP contribution in [-0.2, 0) is 6.54 Å². The van der Waals surface area contributed by atoms with Gasteiger partial charge in [0.25, 0.3) is 0 Å². The molecule has 12 heavy (non-hydrogen) atoms. The van der Waals surface area contributed by atoms with E-state index in [9.17, 15) is 0 Å². The van der Waals surface area contributed by atoms with Crippen LogP contribution < -0.4 is 5.32 Å². The van der Waals surface area contributed by atoms with Gasteiger partial charge in [0.2, 0.25) is 0 Å². The molecule has 0 saturated heterocycles. The Bertz CT molecular complexity index is 222.